The van der Waals surface area contributed by atoms with Crippen LogP contribution in [0.15, 0.2) is 47.1 Å². The Kier molecular flexibility index (Phi) is 7.17. The molecule has 3 aromatic rings. The second-order valence-corrected chi connectivity index (χ2v) is 8.52. The maximum absolute atomic E-state index is 12.6. The Morgan fingerprint density at radius 1 is 1.37 bits per heavy atom. The summed E-state index contributed by atoms with van der Waals surface area (Å²) in [6.45, 7) is 2.42. The van der Waals surface area contributed by atoms with Crippen molar-refractivity contribution in [1.29, 1.82) is 0 Å². The van der Waals surface area contributed by atoms with E-state index in [2.05, 4.69) is 28.0 Å². The van der Waals surface area contributed by atoms with E-state index in [9.17, 15) is 14.9 Å². The second-order valence-electron chi connectivity index (χ2n) is 6.53. The zero-order valence-electron chi connectivity index (χ0n) is 16.5. The largest absolute Gasteiger partial charge is 0.496 e. The van der Waals surface area contributed by atoms with Crippen LogP contribution >= 0.6 is 27.3 Å². The highest BCUT2D eigenvalue weighted by Crippen LogP contribution is 2.29. The molecule has 30 heavy (non-hydrogen) atoms. The number of nitrogens with zero attached hydrogens (tertiary/aromatic N) is 3. The van der Waals surface area contributed by atoms with Crippen molar-refractivity contribution >= 4 is 44.9 Å². The molecule has 0 N–H and O–H groups in total. The van der Waals surface area contributed by atoms with Gasteiger partial charge in [-0.05, 0) is 57.1 Å². The van der Waals surface area contributed by atoms with Crippen LogP contribution in [-0.4, -0.2) is 27.6 Å². The summed E-state index contributed by atoms with van der Waals surface area (Å²) >= 11 is 5.03. The highest BCUT2D eigenvalue weighted by molar-refractivity contribution is 9.10. The van der Waals surface area contributed by atoms with Crippen molar-refractivity contribution in [2.75, 3.05) is 7.11 Å². The van der Waals surface area contributed by atoms with Crippen LogP contribution in [0, 0.1) is 10.1 Å². The molecule has 3 rings (SSSR count). The molecule has 0 unspecified atom stereocenters. The van der Waals surface area contributed by atoms with Gasteiger partial charge in [0.2, 0.25) is 0 Å². The number of allylic oxidation sites excluding steroid dienone is 1. The van der Waals surface area contributed by atoms with E-state index in [4.69, 9.17) is 4.74 Å². The van der Waals surface area contributed by atoms with Gasteiger partial charge in [-0.1, -0.05) is 25.5 Å². The number of hydrogen-bond donors (Lipinski definition) is 0. The average Bonchev–Trinajstić information content (AvgIpc) is 3.34. The number of rotatable bonds is 9. The predicted molar refractivity (Wildman–Crippen MR) is 120 cm³/mol. The van der Waals surface area contributed by atoms with Gasteiger partial charge in [0.1, 0.15) is 5.75 Å². The molecule has 7 nitrogen and oxygen atoms in total. The van der Waals surface area contributed by atoms with Gasteiger partial charge in [0.15, 0.2) is 5.78 Å². The predicted octanol–water partition coefficient (Wildman–Crippen LogP) is 5.52. The molecule has 1 aromatic carbocycles. The number of benzene rings is 1. The average molecular weight is 490 g/mol. The number of ether oxygens (including phenoxy) is 1. The Morgan fingerprint density at radius 3 is 2.83 bits per heavy atom. The molecule has 0 aliphatic carbocycles. The lowest BCUT2D eigenvalue weighted by Gasteiger charge is -2.08. The van der Waals surface area contributed by atoms with Gasteiger partial charge < -0.3 is 14.9 Å². The van der Waals surface area contributed by atoms with Crippen LogP contribution in [0.25, 0.3) is 6.08 Å². The van der Waals surface area contributed by atoms with Gasteiger partial charge in [-0.15, -0.1) is 11.3 Å². The summed E-state index contributed by atoms with van der Waals surface area (Å²) in [4.78, 5) is 24.7. The van der Waals surface area contributed by atoms with Crippen LogP contribution in [0.2, 0.25) is 0 Å². The van der Waals surface area contributed by atoms with Crippen molar-refractivity contribution in [3.8, 4) is 5.75 Å². The van der Waals surface area contributed by atoms with Gasteiger partial charge in [0, 0.05) is 14.9 Å². The molecule has 0 bridgehead atoms. The molecule has 156 valence electrons. The first-order chi connectivity index (χ1) is 14.4. The Morgan fingerprint density at radius 2 is 2.17 bits per heavy atom. The molecule has 0 spiro atoms. The van der Waals surface area contributed by atoms with Crippen LogP contribution in [0.3, 0.4) is 0 Å². The van der Waals surface area contributed by atoms with Gasteiger partial charge in [0.25, 0.3) is 0 Å². The van der Waals surface area contributed by atoms with Crippen molar-refractivity contribution in [2.24, 2.45) is 0 Å². The summed E-state index contributed by atoms with van der Waals surface area (Å²) in [5.74, 6) is 0.381. The summed E-state index contributed by atoms with van der Waals surface area (Å²) in [6.07, 6.45) is 6.82. The van der Waals surface area contributed by atoms with E-state index < -0.39 is 4.92 Å². The molecule has 0 saturated heterocycles. The number of thiophene rings is 1. The fourth-order valence-electron chi connectivity index (χ4n) is 2.92. The summed E-state index contributed by atoms with van der Waals surface area (Å²) in [7, 11) is 1.56. The molecule has 0 saturated carbocycles. The zero-order valence-corrected chi connectivity index (χ0v) is 18.9. The maximum atomic E-state index is 12.6. The Hall–Kier alpha value is -2.78. The first-order valence-electron chi connectivity index (χ1n) is 9.26. The van der Waals surface area contributed by atoms with Crippen molar-refractivity contribution in [1.82, 2.24) is 9.78 Å². The minimum atomic E-state index is -0.534. The summed E-state index contributed by atoms with van der Waals surface area (Å²) in [5.41, 5.74) is 1.62. The molecule has 2 heterocycles. The summed E-state index contributed by atoms with van der Waals surface area (Å²) in [6, 6.07) is 8.75. The van der Waals surface area contributed by atoms with Crippen molar-refractivity contribution in [3.63, 3.8) is 0 Å². The highest BCUT2D eigenvalue weighted by Gasteiger charge is 2.14. The SMILES string of the molecule is CCCc1sc(C(=O)/C=C/c2ccc(OC)c(Cn3ccc([N+](=O)[O-])n3)c2)cc1Br. The van der Waals surface area contributed by atoms with Gasteiger partial charge in [0.05, 0.1) is 35.9 Å². The minimum absolute atomic E-state index is 0.0527. The van der Waals surface area contributed by atoms with Crippen molar-refractivity contribution in [3.05, 3.63) is 78.1 Å². The number of nitro groups is 1. The van der Waals surface area contributed by atoms with Crippen molar-refractivity contribution in [2.45, 2.75) is 26.3 Å². The zero-order chi connectivity index (χ0) is 21.7. The fraction of sp³-hybridized carbons (Fsp3) is 0.238. The van der Waals surface area contributed by atoms with E-state index in [1.807, 2.05) is 18.2 Å². The topological polar surface area (TPSA) is 87.3 Å². The molecule has 2 aromatic heterocycles. The smallest absolute Gasteiger partial charge is 0.389 e. The first kappa shape index (κ1) is 21.9. The van der Waals surface area contributed by atoms with Crippen molar-refractivity contribution < 1.29 is 14.5 Å². The van der Waals surface area contributed by atoms with E-state index >= 15 is 0 Å². The standard InChI is InChI=1S/C21H20BrN3O4S/c1-3-4-19-16(22)12-20(30-19)17(26)7-5-14-6-8-18(29-2)15(11-14)13-24-10-9-21(23-24)25(27)28/h5-12H,3-4,13H2,1-2H3/b7-5+. The lowest BCUT2D eigenvalue weighted by molar-refractivity contribution is -0.389. The van der Waals surface area contributed by atoms with Gasteiger partial charge >= 0.3 is 5.82 Å². The van der Waals surface area contributed by atoms with Crippen LogP contribution in [0.4, 0.5) is 5.82 Å². The molecule has 0 fully saturated rings. The molecular formula is C21H20BrN3O4S. The van der Waals surface area contributed by atoms with E-state index in [1.165, 1.54) is 27.0 Å². The van der Waals surface area contributed by atoms with Gasteiger partial charge in [-0.25, -0.2) is 0 Å². The van der Waals surface area contributed by atoms with E-state index in [0.717, 1.165) is 28.4 Å². The monoisotopic (exact) mass is 489 g/mol. The fourth-order valence-corrected chi connectivity index (χ4v) is 4.81. The van der Waals surface area contributed by atoms with Crippen LogP contribution in [-0.2, 0) is 13.0 Å². The molecule has 0 aliphatic rings. The molecule has 9 heteroatoms. The third-order valence-electron chi connectivity index (χ3n) is 4.35. The molecule has 0 aliphatic heterocycles. The lowest BCUT2D eigenvalue weighted by atomic mass is 10.1. The maximum Gasteiger partial charge on any atom is 0.389 e. The Labute approximate surface area is 186 Å². The normalized spacial score (nSPS) is 11.2. The van der Waals surface area contributed by atoms with E-state index in [1.54, 1.807) is 31.5 Å². The lowest BCUT2D eigenvalue weighted by Crippen LogP contribution is -2.03. The number of carbonyl (C=O) groups is 1. The first-order valence-corrected chi connectivity index (χ1v) is 10.9. The Bertz CT molecular complexity index is 1100. The minimum Gasteiger partial charge on any atom is -0.496 e. The summed E-state index contributed by atoms with van der Waals surface area (Å²) in [5, 5.41) is 14.8. The second kappa shape index (κ2) is 9.82. The molecule has 0 radical (unpaired) electrons. The number of carbonyl (C=O) groups excluding carboxylic acids is 1. The number of aromatic nitrogens is 2. The quantitative estimate of drug-likeness (QED) is 0.171. The summed E-state index contributed by atoms with van der Waals surface area (Å²) < 4.78 is 7.85. The molecule has 0 amide bonds. The highest BCUT2D eigenvalue weighted by atomic mass is 79.9. The molecule has 0 atom stereocenters. The molecular weight excluding hydrogens is 470 g/mol. The Balaban J connectivity index is 1.79. The van der Waals surface area contributed by atoms with Crippen LogP contribution in [0.1, 0.15) is 39.0 Å². The van der Waals surface area contributed by atoms with E-state index in [-0.39, 0.29) is 11.6 Å². The third kappa shape index (κ3) is 5.22. The number of aryl methyl sites for hydroxylation is 1. The number of methoxy groups -OCH3 is 1. The van der Waals surface area contributed by atoms with E-state index in [0.29, 0.717) is 17.2 Å². The number of hydrogen-bond acceptors (Lipinski definition) is 6. The third-order valence-corrected chi connectivity index (χ3v) is 6.53. The van der Waals surface area contributed by atoms with Gasteiger partial charge in [-0.3, -0.25) is 4.79 Å². The van der Waals surface area contributed by atoms with Crippen LogP contribution < -0.4 is 4.74 Å². The number of halogens is 1. The van der Waals surface area contributed by atoms with Gasteiger partial charge in [-0.2, -0.15) is 4.68 Å². The van der Waals surface area contributed by atoms with Crippen LogP contribution in [0.5, 0.6) is 5.75 Å². The number of ketones is 1.